The zero-order valence-electron chi connectivity index (χ0n) is 7.04. The van der Waals surface area contributed by atoms with E-state index in [-0.39, 0.29) is 12.6 Å². The van der Waals surface area contributed by atoms with E-state index in [4.69, 9.17) is 9.84 Å². The highest BCUT2D eigenvalue weighted by Crippen LogP contribution is 2.16. The van der Waals surface area contributed by atoms with Crippen molar-refractivity contribution in [3.8, 4) is 0 Å². The van der Waals surface area contributed by atoms with Crippen LogP contribution < -0.4 is 0 Å². The molecule has 0 fully saturated rings. The first kappa shape index (κ1) is 9.00. The van der Waals surface area contributed by atoms with Crippen molar-refractivity contribution in [2.75, 3.05) is 6.61 Å². The van der Waals surface area contributed by atoms with Crippen LogP contribution in [0.2, 0.25) is 0 Å². The number of ether oxygens (including phenoxy) is 1. The summed E-state index contributed by atoms with van der Waals surface area (Å²) in [7, 11) is 0. The molecular formula is C9H12O3. The first-order valence-corrected chi connectivity index (χ1v) is 3.95. The number of allylic oxidation sites excluding steroid dienone is 2. The predicted octanol–water partition coefficient (Wildman–Crippen LogP) is 1.15. The average molecular weight is 168 g/mol. The monoisotopic (exact) mass is 168 g/mol. The van der Waals surface area contributed by atoms with E-state index in [2.05, 4.69) is 0 Å². The number of aliphatic hydroxyl groups excluding tert-OH is 1. The molecule has 0 bridgehead atoms. The molecule has 0 aromatic carbocycles. The van der Waals surface area contributed by atoms with Gasteiger partial charge in [0.05, 0.1) is 0 Å². The lowest BCUT2D eigenvalue weighted by Gasteiger charge is -1.94. The largest absolute Gasteiger partial charge is 0.424 e. The number of cyclic esters (lactones) is 1. The molecule has 0 aliphatic carbocycles. The maximum Gasteiger partial charge on any atom is 0.339 e. The number of rotatable bonds is 3. The Morgan fingerprint density at radius 2 is 2.42 bits per heavy atom. The summed E-state index contributed by atoms with van der Waals surface area (Å²) >= 11 is 0. The summed E-state index contributed by atoms with van der Waals surface area (Å²) in [5.41, 5.74) is 0.630. The van der Waals surface area contributed by atoms with Crippen molar-refractivity contribution < 1.29 is 14.6 Å². The zero-order chi connectivity index (χ0) is 8.97. The standard InChI is InChI=1S/C9H12O3/c1-7-6-8(12-9(7)11)4-2-3-5-10/h4,6,10H,2-3,5H2,1H3/b8-4+. The molecule has 0 unspecified atom stereocenters. The molecule has 0 amide bonds. The lowest BCUT2D eigenvalue weighted by atomic mass is 10.2. The molecule has 0 saturated carbocycles. The number of hydrogen-bond acceptors (Lipinski definition) is 3. The maximum absolute atomic E-state index is 10.8. The third kappa shape index (κ3) is 2.20. The molecule has 1 heterocycles. The van der Waals surface area contributed by atoms with Gasteiger partial charge >= 0.3 is 5.97 Å². The van der Waals surface area contributed by atoms with E-state index in [1.165, 1.54) is 0 Å². The summed E-state index contributed by atoms with van der Waals surface area (Å²) in [6, 6.07) is 0. The van der Waals surface area contributed by atoms with Gasteiger partial charge in [0.25, 0.3) is 0 Å². The third-order valence-electron chi connectivity index (χ3n) is 1.60. The second-order valence-corrected chi connectivity index (χ2v) is 2.69. The molecule has 3 heteroatoms. The van der Waals surface area contributed by atoms with Crippen molar-refractivity contribution in [2.45, 2.75) is 19.8 Å². The lowest BCUT2D eigenvalue weighted by Crippen LogP contribution is -1.94. The fourth-order valence-electron chi connectivity index (χ4n) is 0.926. The van der Waals surface area contributed by atoms with E-state index in [0.29, 0.717) is 17.8 Å². The second kappa shape index (κ2) is 4.07. The van der Waals surface area contributed by atoms with Crippen molar-refractivity contribution >= 4 is 5.97 Å². The molecule has 1 rings (SSSR count). The molecule has 12 heavy (non-hydrogen) atoms. The Bertz CT molecular complexity index is 238. The van der Waals surface area contributed by atoms with Gasteiger partial charge in [0.15, 0.2) is 0 Å². The Morgan fingerprint density at radius 3 is 2.92 bits per heavy atom. The molecule has 0 aromatic rings. The second-order valence-electron chi connectivity index (χ2n) is 2.69. The Morgan fingerprint density at radius 1 is 1.67 bits per heavy atom. The van der Waals surface area contributed by atoms with Gasteiger partial charge in [0.1, 0.15) is 5.76 Å². The van der Waals surface area contributed by atoms with Crippen molar-refractivity contribution in [1.82, 2.24) is 0 Å². The van der Waals surface area contributed by atoms with E-state index in [1.807, 2.05) is 6.08 Å². The molecule has 0 atom stereocenters. The van der Waals surface area contributed by atoms with Crippen LogP contribution in [-0.2, 0) is 9.53 Å². The minimum Gasteiger partial charge on any atom is -0.424 e. The molecule has 0 radical (unpaired) electrons. The third-order valence-corrected chi connectivity index (χ3v) is 1.60. The molecule has 1 aliphatic heterocycles. The number of hydrogen-bond donors (Lipinski definition) is 1. The highest BCUT2D eigenvalue weighted by molar-refractivity contribution is 5.92. The van der Waals surface area contributed by atoms with E-state index in [0.717, 1.165) is 6.42 Å². The number of carbonyl (C=O) groups is 1. The molecule has 3 nitrogen and oxygen atoms in total. The fourth-order valence-corrected chi connectivity index (χ4v) is 0.926. The first-order valence-electron chi connectivity index (χ1n) is 3.95. The van der Waals surface area contributed by atoms with Gasteiger partial charge in [0.2, 0.25) is 0 Å². The summed E-state index contributed by atoms with van der Waals surface area (Å²) in [6.07, 6.45) is 4.96. The summed E-state index contributed by atoms with van der Waals surface area (Å²) in [5.74, 6) is 0.330. The molecule has 1 N–H and O–H groups in total. The van der Waals surface area contributed by atoms with Crippen LogP contribution in [-0.4, -0.2) is 17.7 Å². The lowest BCUT2D eigenvalue weighted by molar-refractivity contribution is -0.133. The van der Waals surface area contributed by atoms with E-state index >= 15 is 0 Å². The molecule has 0 saturated heterocycles. The van der Waals surface area contributed by atoms with Crippen LogP contribution in [0.4, 0.5) is 0 Å². The Hall–Kier alpha value is -1.09. The van der Waals surface area contributed by atoms with Gasteiger partial charge in [-0.3, -0.25) is 0 Å². The van der Waals surface area contributed by atoms with Gasteiger partial charge in [-0.2, -0.15) is 0 Å². The van der Waals surface area contributed by atoms with Crippen LogP contribution in [0.5, 0.6) is 0 Å². The maximum atomic E-state index is 10.8. The van der Waals surface area contributed by atoms with Crippen LogP contribution >= 0.6 is 0 Å². The minimum atomic E-state index is -0.273. The molecule has 66 valence electrons. The van der Waals surface area contributed by atoms with Crippen LogP contribution in [0, 0.1) is 0 Å². The Kier molecular flexibility index (Phi) is 3.05. The quantitative estimate of drug-likeness (QED) is 0.508. The van der Waals surface area contributed by atoms with E-state index < -0.39 is 0 Å². The van der Waals surface area contributed by atoms with Crippen LogP contribution in [0.15, 0.2) is 23.5 Å². The van der Waals surface area contributed by atoms with Gasteiger partial charge in [-0.25, -0.2) is 4.79 Å². The molecular weight excluding hydrogens is 156 g/mol. The topological polar surface area (TPSA) is 46.5 Å². The molecule has 1 aliphatic rings. The van der Waals surface area contributed by atoms with Gasteiger partial charge < -0.3 is 9.84 Å². The fraction of sp³-hybridized carbons (Fsp3) is 0.444. The van der Waals surface area contributed by atoms with Gasteiger partial charge in [-0.05, 0) is 31.9 Å². The van der Waals surface area contributed by atoms with Crippen LogP contribution in [0.1, 0.15) is 19.8 Å². The number of carbonyl (C=O) groups excluding carboxylic acids is 1. The number of aliphatic hydroxyl groups is 1. The zero-order valence-corrected chi connectivity index (χ0v) is 7.04. The van der Waals surface area contributed by atoms with Crippen molar-refractivity contribution in [2.24, 2.45) is 0 Å². The highest BCUT2D eigenvalue weighted by Gasteiger charge is 2.15. The Balaban J connectivity index is 2.46. The minimum absolute atomic E-state index is 0.167. The van der Waals surface area contributed by atoms with Gasteiger partial charge in [0, 0.05) is 12.2 Å². The number of unbranched alkanes of at least 4 members (excludes halogenated alkanes) is 1. The smallest absolute Gasteiger partial charge is 0.339 e. The van der Waals surface area contributed by atoms with Crippen LogP contribution in [0.3, 0.4) is 0 Å². The average Bonchev–Trinajstić information content (AvgIpc) is 2.32. The SMILES string of the molecule is CC1=C/C(=C\CCCO)OC1=O. The van der Waals surface area contributed by atoms with Crippen molar-refractivity contribution in [3.63, 3.8) is 0 Å². The summed E-state index contributed by atoms with van der Waals surface area (Å²) in [4.78, 5) is 10.8. The van der Waals surface area contributed by atoms with Crippen molar-refractivity contribution in [1.29, 1.82) is 0 Å². The normalized spacial score (nSPS) is 19.7. The highest BCUT2D eigenvalue weighted by atomic mass is 16.5. The number of esters is 1. The van der Waals surface area contributed by atoms with E-state index in [1.54, 1.807) is 13.0 Å². The predicted molar refractivity (Wildman–Crippen MR) is 44.3 cm³/mol. The van der Waals surface area contributed by atoms with E-state index in [9.17, 15) is 4.79 Å². The van der Waals surface area contributed by atoms with Crippen molar-refractivity contribution in [3.05, 3.63) is 23.5 Å². The summed E-state index contributed by atoms with van der Waals surface area (Å²) in [6.45, 7) is 1.88. The van der Waals surface area contributed by atoms with Gasteiger partial charge in [-0.15, -0.1) is 0 Å². The van der Waals surface area contributed by atoms with Crippen LogP contribution in [0.25, 0.3) is 0 Å². The summed E-state index contributed by atoms with van der Waals surface area (Å²) in [5, 5.41) is 8.49. The molecule has 0 aromatic heterocycles. The molecule has 0 spiro atoms. The first-order chi connectivity index (χ1) is 5.74. The van der Waals surface area contributed by atoms with Gasteiger partial charge in [-0.1, -0.05) is 0 Å². The Labute approximate surface area is 71.3 Å². The summed E-state index contributed by atoms with van der Waals surface area (Å²) < 4.78 is 4.87.